The van der Waals surface area contributed by atoms with Crippen molar-refractivity contribution in [1.29, 1.82) is 0 Å². The highest BCUT2D eigenvalue weighted by atomic mass is 79.9. The van der Waals surface area contributed by atoms with Crippen LogP contribution in [0.3, 0.4) is 0 Å². The number of hydrogen-bond acceptors (Lipinski definition) is 4. The topological polar surface area (TPSA) is 50.9 Å². The molecule has 0 bridgehead atoms. The van der Waals surface area contributed by atoms with Crippen LogP contribution in [0.2, 0.25) is 0 Å². The summed E-state index contributed by atoms with van der Waals surface area (Å²) in [6.07, 6.45) is 0.858. The summed E-state index contributed by atoms with van der Waals surface area (Å²) in [6.45, 7) is 0. The van der Waals surface area contributed by atoms with E-state index in [9.17, 15) is 5.11 Å². The standard InChI is InChI=1S/C13H10BrN3OS/c14-9-6-12(19-8-9)13(18)11-7-15-16-17(11)10-4-2-1-3-5-10/h1-8,13,18H. The first-order valence-corrected chi connectivity index (χ1v) is 7.31. The Morgan fingerprint density at radius 2 is 2.05 bits per heavy atom. The maximum absolute atomic E-state index is 10.4. The van der Waals surface area contributed by atoms with Crippen molar-refractivity contribution in [2.45, 2.75) is 6.10 Å². The molecule has 1 atom stereocenters. The summed E-state index contributed by atoms with van der Waals surface area (Å²) >= 11 is 4.88. The molecular weight excluding hydrogens is 326 g/mol. The monoisotopic (exact) mass is 335 g/mol. The van der Waals surface area contributed by atoms with Gasteiger partial charge in [-0.05, 0) is 34.1 Å². The highest BCUT2D eigenvalue weighted by molar-refractivity contribution is 9.10. The summed E-state index contributed by atoms with van der Waals surface area (Å²) in [4.78, 5) is 0.853. The Labute approximate surface area is 122 Å². The number of aromatic nitrogens is 3. The molecule has 4 nitrogen and oxygen atoms in total. The number of para-hydroxylation sites is 1. The van der Waals surface area contributed by atoms with Gasteiger partial charge in [-0.25, -0.2) is 4.68 Å². The van der Waals surface area contributed by atoms with Gasteiger partial charge in [0.1, 0.15) is 6.10 Å². The first-order chi connectivity index (χ1) is 9.25. The Balaban J connectivity index is 2.01. The molecule has 2 heterocycles. The van der Waals surface area contributed by atoms with Crippen molar-refractivity contribution < 1.29 is 5.11 Å². The smallest absolute Gasteiger partial charge is 0.132 e. The third-order valence-electron chi connectivity index (χ3n) is 2.71. The number of hydrogen-bond donors (Lipinski definition) is 1. The fourth-order valence-electron chi connectivity index (χ4n) is 1.82. The molecule has 0 aliphatic heterocycles. The van der Waals surface area contributed by atoms with E-state index in [1.54, 1.807) is 10.9 Å². The van der Waals surface area contributed by atoms with Crippen molar-refractivity contribution in [3.8, 4) is 5.69 Å². The van der Waals surface area contributed by atoms with Crippen LogP contribution < -0.4 is 0 Å². The molecule has 0 spiro atoms. The van der Waals surface area contributed by atoms with E-state index < -0.39 is 6.10 Å². The van der Waals surface area contributed by atoms with Crippen molar-refractivity contribution in [3.63, 3.8) is 0 Å². The summed E-state index contributed by atoms with van der Waals surface area (Å²) in [7, 11) is 0. The highest BCUT2D eigenvalue weighted by Crippen LogP contribution is 2.30. The van der Waals surface area contributed by atoms with E-state index in [4.69, 9.17) is 0 Å². The van der Waals surface area contributed by atoms with E-state index in [-0.39, 0.29) is 0 Å². The second kappa shape index (κ2) is 5.24. The van der Waals surface area contributed by atoms with Crippen LogP contribution >= 0.6 is 27.3 Å². The van der Waals surface area contributed by atoms with Crippen LogP contribution in [0.1, 0.15) is 16.7 Å². The Kier molecular flexibility index (Phi) is 3.46. The molecule has 3 aromatic rings. The van der Waals surface area contributed by atoms with Crippen molar-refractivity contribution in [2.75, 3.05) is 0 Å². The summed E-state index contributed by atoms with van der Waals surface area (Å²) in [5, 5.41) is 20.3. The van der Waals surface area contributed by atoms with Gasteiger partial charge in [0.25, 0.3) is 0 Å². The lowest BCUT2D eigenvalue weighted by atomic mass is 10.2. The van der Waals surface area contributed by atoms with Crippen molar-refractivity contribution in [1.82, 2.24) is 15.0 Å². The van der Waals surface area contributed by atoms with E-state index in [0.29, 0.717) is 5.69 Å². The predicted octanol–water partition coefficient (Wildman–Crippen LogP) is 3.17. The van der Waals surface area contributed by atoms with Gasteiger partial charge in [0.05, 0.1) is 17.6 Å². The molecule has 0 amide bonds. The molecule has 0 saturated carbocycles. The molecule has 1 unspecified atom stereocenters. The third-order valence-corrected chi connectivity index (χ3v) is 4.46. The normalized spacial score (nSPS) is 12.5. The van der Waals surface area contributed by atoms with Crippen LogP contribution in [0.4, 0.5) is 0 Å². The van der Waals surface area contributed by atoms with E-state index in [1.165, 1.54) is 11.3 Å². The summed E-state index contributed by atoms with van der Waals surface area (Å²) < 4.78 is 2.61. The molecule has 2 aromatic heterocycles. The number of benzene rings is 1. The zero-order valence-corrected chi connectivity index (χ0v) is 12.2. The van der Waals surface area contributed by atoms with E-state index >= 15 is 0 Å². The summed E-state index contributed by atoms with van der Waals surface area (Å²) in [5.41, 5.74) is 1.53. The molecule has 0 aliphatic rings. The predicted molar refractivity (Wildman–Crippen MR) is 77.4 cm³/mol. The van der Waals surface area contributed by atoms with Gasteiger partial charge in [-0.15, -0.1) is 16.4 Å². The highest BCUT2D eigenvalue weighted by Gasteiger charge is 2.18. The molecular formula is C13H10BrN3OS. The molecule has 0 aliphatic carbocycles. The van der Waals surface area contributed by atoms with Gasteiger partial charge in [0, 0.05) is 14.7 Å². The number of nitrogens with zero attached hydrogens (tertiary/aromatic N) is 3. The number of thiophene rings is 1. The Morgan fingerprint density at radius 3 is 2.74 bits per heavy atom. The van der Waals surface area contributed by atoms with Gasteiger partial charge < -0.3 is 5.11 Å². The largest absolute Gasteiger partial charge is 0.381 e. The Hall–Kier alpha value is -1.50. The van der Waals surface area contributed by atoms with Gasteiger partial charge in [-0.1, -0.05) is 23.4 Å². The van der Waals surface area contributed by atoms with Crippen LogP contribution in [0, 0.1) is 0 Å². The van der Waals surface area contributed by atoms with Crippen molar-refractivity contribution in [3.05, 3.63) is 63.0 Å². The van der Waals surface area contributed by atoms with Gasteiger partial charge in [0.2, 0.25) is 0 Å². The lowest BCUT2D eigenvalue weighted by Gasteiger charge is -2.10. The Bertz CT molecular complexity index is 680. The fraction of sp³-hybridized carbons (Fsp3) is 0.0769. The fourth-order valence-corrected chi connectivity index (χ4v) is 3.26. The van der Waals surface area contributed by atoms with Gasteiger partial charge in [-0.2, -0.15) is 0 Å². The molecule has 1 N–H and O–H groups in total. The van der Waals surface area contributed by atoms with Crippen LogP contribution in [0.15, 0.2) is 52.4 Å². The van der Waals surface area contributed by atoms with Gasteiger partial charge in [-0.3, -0.25) is 0 Å². The van der Waals surface area contributed by atoms with Crippen LogP contribution in [0.25, 0.3) is 5.69 Å². The Morgan fingerprint density at radius 1 is 1.26 bits per heavy atom. The summed E-state index contributed by atoms with van der Waals surface area (Å²) in [5.74, 6) is 0. The quantitative estimate of drug-likeness (QED) is 0.799. The van der Waals surface area contributed by atoms with Crippen LogP contribution in [-0.4, -0.2) is 20.1 Å². The zero-order chi connectivity index (χ0) is 13.2. The van der Waals surface area contributed by atoms with Gasteiger partial charge in [0.15, 0.2) is 0 Å². The third kappa shape index (κ3) is 2.47. The number of aliphatic hydroxyl groups is 1. The SMILES string of the molecule is OC(c1cc(Br)cs1)c1cnnn1-c1ccccc1. The zero-order valence-electron chi connectivity index (χ0n) is 9.77. The minimum absolute atomic E-state index is 0.653. The van der Waals surface area contributed by atoms with E-state index in [1.807, 2.05) is 41.8 Å². The number of rotatable bonds is 3. The maximum Gasteiger partial charge on any atom is 0.132 e. The average molecular weight is 336 g/mol. The van der Waals surface area contributed by atoms with Crippen molar-refractivity contribution in [2.24, 2.45) is 0 Å². The van der Waals surface area contributed by atoms with Crippen LogP contribution in [0.5, 0.6) is 0 Å². The first-order valence-electron chi connectivity index (χ1n) is 5.64. The molecule has 1 aromatic carbocycles. The average Bonchev–Trinajstić information content (AvgIpc) is 3.07. The van der Waals surface area contributed by atoms with E-state index in [0.717, 1.165) is 15.0 Å². The maximum atomic E-state index is 10.4. The van der Waals surface area contributed by atoms with Crippen LogP contribution in [-0.2, 0) is 0 Å². The second-order valence-corrected chi connectivity index (χ2v) is 5.83. The number of halogens is 1. The molecule has 0 fully saturated rings. The summed E-state index contributed by atoms with van der Waals surface area (Å²) in [6, 6.07) is 11.5. The first kappa shape index (κ1) is 12.5. The minimum Gasteiger partial charge on any atom is -0.381 e. The van der Waals surface area contributed by atoms with E-state index in [2.05, 4.69) is 26.2 Å². The molecule has 6 heteroatoms. The number of aliphatic hydroxyl groups excluding tert-OH is 1. The van der Waals surface area contributed by atoms with Crippen molar-refractivity contribution >= 4 is 27.3 Å². The lowest BCUT2D eigenvalue weighted by Crippen LogP contribution is -2.07. The second-order valence-electron chi connectivity index (χ2n) is 3.98. The molecule has 0 saturated heterocycles. The van der Waals surface area contributed by atoms with Gasteiger partial charge >= 0.3 is 0 Å². The molecule has 3 rings (SSSR count). The molecule has 96 valence electrons. The molecule has 0 radical (unpaired) electrons. The molecule has 19 heavy (non-hydrogen) atoms. The lowest BCUT2D eigenvalue weighted by molar-refractivity contribution is 0.215. The minimum atomic E-state index is -0.730.